The molecule has 0 radical (unpaired) electrons. The van der Waals surface area contributed by atoms with E-state index in [0.29, 0.717) is 5.41 Å². The van der Waals surface area contributed by atoms with Crippen molar-refractivity contribution in [3.63, 3.8) is 0 Å². The van der Waals surface area contributed by atoms with Crippen LogP contribution >= 0.6 is 0 Å². The van der Waals surface area contributed by atoms with Crippen LogP contribution in [0.4, 0.5) is 0 Å². The van der Waals surface area contributed by atoms with E-state index in [2.05, 4.69) is 33.0 Å². The Kier molecular flexibility index (Phi) is 7.29. The molecule has 0 spiro atoms. The number of rotatable bonds is 7. The molecule has 1 fully saturated rings. The van der Waals surface area contributed by atoms with E-state index < -0.39 is 0 Å². The molecule has 0 aliphatic heterocycles. The third kappa shape index (κ3) is 6.22. The van der Waals surface area contributed by atoms with Crippen molar-refractivity contribution < 1.29 is 0 Å². The highest BCUT2D eigenvalue weighted by molar-refractivity contribution is 4.80. The molecule has 0 heterocycles. The van der Waals surface area contributed by atoms with Gasteiger partial charge in [0.1, 0.15) is 0 Å². The minimum Gasteiger partial charge on any atom is -0.314 e. The maximum Gasteiger partial charge on any atom is 0.00673 e. The molecule has 0 bridgehead atoms. The van der Waals surface area contributed by atoms with Crippen LogP contribution in [0.1, 0.15) is 85.5 Å². The Hall–Kier alpha value is -0.0400. The van der Waals surface area contributed by atoms with Gasteiger partial charge < -0.3 is 5.32 Å². The molecule has 1 aliphatic carbocycles. The first-order valence-electron chi connectivity index (χ1n) is 8.30. The van der Waals surface area contributed by atoms with Gasteiger partial charge in [-0.2, -0.15) is 0 Å². The Morgan fingerprint density at radius 1 is 1.17 bits per heavy atom. The summed E-state index contributed by atoms with van der Waals surface area (Å²) < 4.78 is 0. The molecule has 0 aromatic rings. The van der Waals surface area contributed by atoms with Crippen LogP contribution in [0.5, 0.6) is 0 Å². The van der Waals surface area contributed by atoms with Crippen LogP contribution in [0.3, 0.4) is 0 Å². The van der Waals surface area contributed by atoms with E-state index in [9.17, 15) is 0 Å². The van der Waals surface area contributed by atoms with Crippen LogP contribution in [-0.2, 0) is 0 Å². The average molecular weight is 253 g/mol. The fourth-order valence-electron chi connectivity index (χ4n) is 3.14. The summed E-state index contributed by atoms with van der Waals surface area (Å²) in [5.41, 5.74) is 0.586. The van der Waals surface area contributed by atoms with Gasteiger partial charge in [0.2, 0.25) is 0 Å². The van der Waals surface area contributed by atoms with E-state index in [1.54, 1.807) is 0 Å². The second kappa shape index (κ2) is 8.19. The second-order valence-corrected chi connectivity index (χ2v) is 7.12. The van der Waals surface area contributed by atoms with Gasteiger partial charge >= 0.3 is 0 Å². The van der Waals surface area contributed by atoms with Gasteiger partial charge in [-0.3, -0.25) is 0 Å². The number of nitrogens with one attached hydrogen (secondary N) is 1. The standard InChI is InChI=1S/C17H35N/c1-5-7-9-15(6-2)14-18-16-10-8-12-17(3,4)13-11-16/h15-16,18H,5-14H2,1-4H3. The number of unbranched alkanes of at least 4 members (excludes halogenated alkanes) is 1. The lowest BCUT2D eigenvalue weighted by atomic mass is 9.85. The first-order valence-corrected chi connectivity index (χ1v) is 8.30. The third-order valence-corrected chi connectivity index (χ3v) is 4.81. The predicted octanol–water partition coefficient (Wildman–Crippen LogP) is 5.15. The molecule has 18 heavy (non-hydrogen) atoms. The summed E-state index contributed by atoms with van der Waals surface area (Å²) in [5, 5.41) is 3.86. The second-order valence-electron chi connectivity index (χ2n) is 7.12. The topological polar surface area (TPSA) is 12.0 Å². The molecule has 0 aromatic carbocycles. The molecule has 2 unspecified atom stereocenters. The highest BCUT2D eigenvalue weighted by Crippen LogP contribution is 2.33. The fraction of sp³-hybridized carbons (Fsp3) is 1.00. The number of hydrogen-bond acceptors (Lipinski definition) is 1. The van der Waals surface area contributed by atoms with Gasteiger partial charge in [0.15, 0.2) is 0 Å². The maximum absolute atomic E-state index is 3.86. The quantitative estimate of drug-likeness (QED) is 0.619. The molecule has 0 amide bonds. The van der Waals surface area contributed by atoms with Crippen molar-refractivity contribution in [1.29, 1.82) is 0 Å². The summed E-state index contributed by atoms with van der Waals surface area (Å²) in [6.07, 6.45) is 12.5. The van der Waals surface area contributed by atoms with Gasteiger partial charge in [0.25, 0.3) is 0 Å². The molecule has 0 aromatic heterocycles. The molecule has 1 nitrogen and oxygen atoms in total. The Morgan fingerprint density at radius 2 is 1.94 bits per heavy atom. The summed E-state index contributed by atoms with van der Waals surface area (Å²) in [7, 11) is 0. The third-order valence-electron chi connectivity index (χ3n) is 4.81. The first kappa shape index (κ1) is 16.0. The Bertz CT molecular complexity index is 210. The zero-order valence-corrected chi connectivity index (χ0v) is 13.2. The van der Waals surface area contributed by atoms with E-state index in [0.717, 1.165) is 12.0 Å². The van der Waals surface area contributed by atoms with E-state index in [4.69, 9.17) is 0 Å². The maximum atomic E-state index is 3.86. The molecular formula is C17H35N. The molecular weight excluding hydrogens is 218 g/mol. The normalized spacial score (nSPS) is 25.7. The summed E-state index contributed by atoms with van der Waals surface area (Å²) in [4.78, 5) is 0. The Labute approximate surface area is 115 Å². The van der Waals surface area contributed by atoms with Crippen molar-refractivity contribution in [2.75, 3.05) is 6.54 Å². The molecule has 1 heteroatoms. The van der Waals surface area contributed by atoms with Crippen LogP contribution in [0.25, 0.3) is 0 Å². The van der Waals surface area contributed by atoms with Gasteiger partial charge in [0, 0.05) is 6.04 Å². The van der Waals surface area contributed by atoms with E-state index >= 15 is 0 Å². The largest absolute Gasteiger partial charge is 0.314 e. The lowest BCUT2D eigenvalue weighted by molar-refractivity contribution is 0.306. The summed E-state index contributed by atoms with van der Waals surface area (Å²) in [6, 6.07) is 0.794. The van der Waals surface area contributed by atoms with Gasteiger partial charge in [-0.1, -0.05) is 53.4 Å². The van der Waals surface area contributed by atoms with E-state index in [-0.39, 0.29) is 0 Å². The van der Waals surface area contributed by atoms with E-state index in [1.807, 2.05) is 0 Å². The molecule has 1 saturated carbocycles. The summed E-state index contributed by atoms with van der Waals surface area (Å²) >= 11 is 0. The molecule has 2 atom stereocenters. The SMILES string of the molecule is CCCCC(CC)CNC1CCCC(C)(C)CC1. The van der Waals surface area contributed by atoms with Crippen molar-refractivity contribution in [1.82, 2.24) is 5.32 Å². The minimum absolute atomic E-state index is 0.586. The van der Waals surface area contributed by atoms with Gasteiger partial charge in [-0.05, 0) is 50.0 Å². The fourth-order valence-corrected chi connectivity index (χ4v) is 3.14. The van der Waals surface area contributed by atoms with Crippen LogP contribution < -0.4 is 5.32 Å². The molecule has 1 N–H and O–H groups in total. The van der Waals surface area contributed by atoms with Crippen molar-refractivity contribution >= 4 is 0 Å². The van der Waals surface area contributed by atoms with Crippen molar-refractivity contribution in [2.24, 2.45) is 11.3 Å². The first-order chi connectivity index (χ1) is 8.57. The van der Waals surface area contributed by atoms with Gasteiger partial charge in [-0.25, -0.2) is 0 Å². The average Bonchev–Trinajstić information content (AvgIpc) is 2.51. The van der Waals surface area contributed by atoms with Crippen LogP contribution in [0.2, 0.25) is 0 Å². The highest BCUT2D eigenvalue weighted by Gasteiger charge is 2.24. The van der Waals surface area contributed by atoms with Crippen molar-refractivity contribution in [2.45, 2.75) is 91.5 Å². The smallest absolute Gasteiger partial charge is 0.00673 e. The summed E-state index contributed by atoms with van der Waals surface area (Å²) in [6.45, 7) is 10.8. The lowest BCUT2D eigenvalue weighted by Crippen LogP contribution is -2.33. The predicted molar refractivity (Wildman–Crippen MR) is 82.0 cm³/mol. The molecule has 108 valence electrons. The lowest BCUT2D eigenvalue weighted by Gasteiger charge is -2.23. The molecule has 0 saturated heterocycles. The zero-order valence-electron chi connectivity index (χ0n) is 13.2. The number of hydrogen-bond donors (Lipinski definition) is 1. The zero-order chi connectivity index (χ0) is 13.4. The highest BCUT2D eigenvalue weighted by atomic mass is 14.9. The Balaban J connectivity index is 2.25. The minimum atomic E-state index is 0.586. The molecule has 1 aliphatic rings. The summed E-state index contributed by atoms with van der Waals surface area (Å²) in [5.74, 6) is 0.904. The Morgan fingerprint density at radius 3 is 2.61 bits per heavy atom. The van der Waals surface area contributed by atoms with Gasteiger partial charge in [-0.15, -0.1) is 0 Å². The monoisotopic (exact) mass is 253 g/mol. The van der Waals surface area contributed by atoms with E-state index in [1.165, 1.54) is 64.3 Å². The van der Waals surface area contributed by atoms with Gasteiger partial charge in [0.05, 0.1) is 0 Å². The van der Waals surface area contributed by atoms with Crippen molar-refractivity contribution in [3.05, 3.63) is 0 Å². The van der Waals surface area contributed by atoms with Crippen LogP contribution in [0, 0.1) is 11.3 Å². The van der Waals surface area contributed by atoms with Crippen LogP contribution in [-0.4, -0.2) is 12.6 Å². The van der Waals surface area contributed by atoms with Crippen LogP contribution in [0.15, 0.2) is 0 Å². The van der Waals surface area contributed by atoms with Crippen molar-refractivity contribution in [3.8, 4) is 0 Å². The molecule has 1 rings (SSSR count).